The Bertz CT molecular complexity index is 780. The maximum absolute atomic E-state index is 8.88. The fourth-order valence-corrected chi connectivity index (χ4v) is 3.84. The van der Waals surface area contributed by atoms with Crippen molar-refractivity contribution in [2.45, 2.75) is 13.8 Å². The molecule has 0 aromatic carbocycles. The van der Waals surface area contributed by atoms with Crippen LogP contribution in [0.2, 0.25) is 0 Å². The summed E-state index contributed by atoms with van der Waals surface area (Å²) >= 11 is 0. The van der Waals surface area contributed by atoms with Crippen molar-refractivity contribution in [1.82, 2.24) is 15.0 Å². The highest BCUT2D eigenvalue weighted by atomic mass is 15.3. The maximum atomic E-state index is 8.88. The van der Waals surface area contributed by atoms with E-state index in [0.29, 0.717) is 17.4 Å². The van der Waals surface area contributed by atoms with Crippen molar-refractivity contribution in [3.63, 3.8) is 0 Å². The Morgan fingerprint density at radius 2 is 1.71 bits per heavy atom. The number of aryl methyl sites for hydroxylation is 1. The van der Waals surface area contributed by atoms with Crippen molar-refractivity contribution < 1.29 is 0 Å². The smallest absolute Gasteiger partial charge is 0.135 e. The quantitative estimate of drug-likeness (QED) is 0.842. The lowest BCUT2D eigenvalue weighted by molar-refractivity contribution is 0.533. The molecule has 0 radical (unpaired) electrons. The lowest BCUT2D eigenvalue weighted by atomic mass is 10.0. The van der Waals surface area contributed by atoms with Crippen LogP contribution < -0.4 is 9.80 Å². The van der Waals surface area contributed by atoms with Crippen LogP contribution in [0, 0.1) is 37.0 Å². The zero-order valence-electron chi connectivity index (χ0n) is 14.0. The molecule has 4 rings (SSSR count). The number of fused-ring (bicyclic) bond motifs is 1. The molecule has 122 valence electrons. The second-order valence-corrected chi connectivity index (χ2v) is 6.75. The minimum Gasteiger partial charge on any atom is -0.356 e. The molecule has 0 amide bonds. The van der Waals surface area contributed by atoms with Gasteiger partial charge in [0, 0.05) is 55.5 Å². The van der Waals surface area contributed by atoms with Crippen molar-refractivity contribution >= 4 is 11.6 Å². The molecule has 4 heterocycles. The van der Waals surface area contributed by atoms with Gasteiger partial charge in [0.2, 0.25) is 0 Å². The summed E-state index contributed by atoms with van der Waals surface area (Å²) in [5, 5.41) is 8.88. The van der Waals surface area contributed by atoms with Gasteiger partial charge in [-0.3, -0.25) is 0 Å². The fourth-order valence-electron chi connectivity index (χ4n) is 3.84. The lowest BCUT2D eigenvalue weighted by Crippen LogP contribution is -2.30. The standard InChI is InChI=1S/C18H20N6/c1-12-13(2)21-11-22-18(12)24-9-15-7-23(8-16(15)10-24)17-4-3-14(5-19)6-20-17/h3-4,6,11,15-16H,7-10H2,1-2H3. The van der Waals surface area contributed by atoms with Gasteiger partial charge in [-0.1, -0.05) is 0 Å². The van der Waals surface area contributed by atoms with E-state index in [2.05, 4.69) is 37.7 Å². The van der Waals surface area contributed by atoms with Gasteiger partial charge in [0.05, 0.1) is 5.56 Å². The Morgan fingerprint density at radius 1 is 1.00 bits per heavy atom. The minimum absolute atomic E-state index is 0.610. The zero-order chi connectivity index (χ0) is 16.7. The number of nitriles is 1. The molecule has 2 aliphatic rings. The highest BCUT2D eigenvalue weighted by Crippen LogP contribution is 2.36. The molecule has 0 bridgehead atoms. The van der Waals surface area contributed by atoms with E-state index < -0.39 is 0 Å². The van der Waals surface area contributed by atoms with Gasteiger partial charge in [-0.25, -0.2) is 15.0 Å². The van der Waals surface area contributed by atoms with Crippen LogP contribution in [0.5, 0.6) is 0 Å². The van der Waals surface area contributed by atoms with Crippen LogP contribution in [-0.2, 0) is 0 Å². The van der Waals surface area contributed by atoms with E-state index >= 15 is 0 Å². The van der Waals surface area contributed by atoms with Gasteiger partial charge >= 0.3 is 0 Å². The van der Waals surface area contributed by atoms with E-state index in [1.54, 1.807) is 12.5 Å². The van der Waals surface area contributed by atoms with Gasteiger partial charge in [-0.05, 0) is 26.0 Å². The molecule has 2 saturated heterocycles. The first-order chi connectivity index (χ1) is 11.7. The van der Waals surface area contributed by atoms with Gasteiger partial charge in [0.1, 0.15) is 24.0 Å². The zero-order valence-corrected chi connectivity index (χ0v) is 14.0. The summed E-state index contributed by atoms with van der Waals surface area (Å²) < 4.78 is 0. The van der Waals surface area contributed by atoms with Crippen LogP contribution in [0.3, 0.4) is 0 Å². The van der Waals surface area contributed by atoms with Crippen molar-refractivity contribution in [3.8, 4) is 6.07 Å². The molecule has 6 heteroatoms. The molecule has 2 aromatic heterocycles. The number of hydrogen-bond donors (Lipinski definition) is 0. The first kappa shape index (κ1) is 14.9. The van der Waals surface area contributed by atoms with Crippen LogP contribution >= 0.6 is 0 Å². The lowest BCUT2D eigenvalue weighted by Gasteiger charge is -2.24. The topological polar surface area (TPSA) is 68.9 Å². The number of hydrogen-bond acceptors (Lipinski definition) is 6. The number of rotatable bonds is 2. The SMILES string of the molecule is Cc1ncnc(N2CC3CN(c4ccc(C#N)cn4)CC3C2)c1C. The van der Waals surface area contributed by atoms with Crippen LogP contribution in [0.4, 0.5) is 11.6 Å². The minimum atomic E-state index is 0.610. The molecule has 2 fully saturated rings. The molecule has 0 saturated carbocycles. The molecular formula is C18H20N6. The van der Waals surface area contributed by atoms with Crippen LogP contribution in [0.15, 0.2) is 24.7 Å². The predicted octanol–water partition coefficient (Wildman–Crippen LogP) is 1.93. The fraction of sp³-hybridized carbons (Fsp3) is 0.444. The summed E-state index contributed by atoms with van der Waals surface area (Å²) in [6, 6.07) is 5.92. The number of aromatic nitrogens is 3. The van der Waals surface area contributed by atoms with Crippen LogP contribution in [0.25, 0.3) is 0 Å². The second kappa shape index (κ2) is 5.75. The van der Waals surface area contributed by atoms with Gasteiger partial charge in [-0.2, -0.15) is 5.26 Å². The van der Waals surface area contributed by atoms with E-state index in [9.17, 15) is 0 Å². The molecule has 24 heavy (non-hydrogen) atoms. The highest BCUT2D eigenvalue weighted by molar-refractivity contribution is 5.50. The molecule has 2 atom stereocenters. The Balaban J connectivity index is 1.47. The first-order valence-electron chi connectivity index (χ1n) is 8.30. The third-order valence-corrected chi connectivity index (χ3v) is 5.30. The summed E-state index contributed by atoms with van der Waals surface area (Å²) in [6.07, 6.45) is 3.32. The normalized spacial score (nSPS) is 22.5. The van der Waals surface area contributed by atoms with E-state index in [4.69, 9.17) is 5.26 Å². The molecular weight excluding hydrogens is 300 g/mol. The summed E-state index contributed by atoms with van der Waals surface area (Å²) in [7, 11) is 0. The molecule has 2 unspecified atom stereocenters. The number of nitrogens with zero attached hydrogens (tertiary/aromatic N) is 6. The Kier molecular flexibility index (Phi) is 3.57. The van der Waals surface area contributed by atoms with Crippen LogP contribution in [-0.4, -0.2) is 41.1 Å². The van der Waals surface area contributed by atoms with Crippen molar-refractivity contribution in [2.75, 3.05) is 36.0 Å². The van der Waals surface area contributed by atoms with Crippen molar-refractivity contribution in [2.24, 2.45) is 11.8 Å². The molecule has 0 spiro atoms. The molecule has 0 N–H and O–H groups in total. The third-order valence-electron chi connectivity index (χ3n) is 5.30. The predicted molar refractivity (Wildman–Crippen MR) is 91.9 cm³/mol. The monoisotopic (exact) mass is 320 g/mol. The third kappa shape index (κ3) is 2.46. The molecule has 2 aliphatic heterocycles. The van der Waals surface area contributed by atoms with Crippen molar-refractivity contribution in [1.29, 1.82) is 5.26 Å². The van der Waals surface area contributed by atoms with Crippen molar-refractivity contribution in [3.05, 3.63) is 41.5 Å². The molecule has 6 nitrogen and oxygen atoms in total. The van der Waals surface area contributed by atoms with Gasteiger partial charge in [-0.15, -0.1) is 0 Å². The van der Waals surface area contributed by atoms with Gasteiger partial charge in [0.25, 0.3) is 0 Å². The van der Waals surface area contributed by atoms with Gasteiger partial charge in [0.15, 0.2) is 0 Å². The first-order valence-corrected chi connectivity index (χ1v) is 8.30. The van der Waals surface area contributed by atoms with E-state index in [-0.39, 0.29) is 0 Å². The Morgan fingerprint density at radius 3 is 2.33 bits per heavy atom. The summed E-state index contributed by atoms with van der Waals surface area (Å²) in [6.45, 7) is 8.25. The van der Waals surface area contributed by atoms with Gasteiger partial charge < -0.3 is 9.80 Å². The van der Waals surface area contributed by atoms with E-state index in [0.717, 1.165) is 43.5 Å². The molecule has 2 aromatic rings. The molecule has 0 aliphatic carbocycles. The average Bonchev–Trinajstić information content (AvgIpc) is 3.16. The van der Waals surface area contributed by atoms with E-state index in [1.807, 2.05) is 19.1 Å². The maximum Gasteiger partial charge on any atom is 0.135 e. The summed E-state index contributed by atoms with van der Waals surface area (Å²) in [5.74, 6) is 3.33. The Hall–Kier alpha value is -2.68. The summed E-state index contributed by atoms with van der Waals surface area (Å²) in [4.78, 5) is 18.0. The summed E-state index contributed by atoms with van der Waals surface area (Å²) in [5.41, 5.74) is 2.85. The largest absolute Gasteiger partial charge is 0.356 e. The highest BCUT2D eigenvalue weighted by Gasteiger charge is 2.41. The number of anilines is 2. The Labute approximate surface area is 141 Å². The average molecular weight is 320 g/mol. The van der Waals surface area contributed by atoms with Crippen LogP contribution in [0.1, 0.15) is 16.8 Å². The second-order valence-electron chi connectivity index (χ2n) is 6.75. The van der Waals surface area contributed by atoms with E-state index in [1.165, 1.54) is 5.56 Å². The number of pyridine rings is 1.